The topological polar surface area (TPSA) is 12.5 Å². The highest BCUT2D eigenvalue weighted by Gasteiger charge is 2.45. The predicted octanol–water partition coefficient (Wildman–Crippen LogP) is 3.31. The Kier molecular flexibility index (Phi) is 4.07. The molecule has 1 fully saturated rings. The van der Waals surface area contributed by atoms with E-state index in [-0.39, 0.29) is 11.1 Å². The summed E-state index contributed by atoms with van der Waals surface area (Å²) in [5.41, 5.74) is 0.486. The standard InChI is InChI=1S/C14H29NO/c1-11(2)10-15-13(3,4)8-12(16-7)9-14(15,5)6/h11-12H,8-10H2,1-7H3. The molecule has 0 N–H and O–H groups in total. The lowest BCUT2D eigenvalue weighted by Crippen LogP contribution is -2.62. The molecule has 0 aromatic rings. The molecule has 0 aromatic heterocycles. The van der Waals surface area contributed by atoms with Gasteiger partial charge in [0.1, 0.15) is 0 Å². The van der Waals surface area contributed by atoms with Crippen molar-refractivity contribution in [2.75, 3.05) is 13.7 Å². The van der Waals surface area contributed by atoms with Gasteiger partial charge in [0.25, 0.3) is 0 Å². The van der Waals surface area contributed by atoms with Crippen molar-refractivity contribution in [3.63, 3.8) is 0 Å². The van der Waals surface area contributed by atoms with Gasteiger partial charge in [0.05, 0.1) is 6.10 Å². The van der Waals surface area contributed by atoms with Gasteiger partial charge < -0.3 is 4.74 Å². The van der Waals surface area contributed by atoms with Crippen LogP contribution in [0.3, 0.4) is 0 Å². The number of rotatable bonds is 3. The summed E-state index contributed by atoms with van der Waals surface area (Å²) in [5.74, 6) is 0.720. The SMILES string of the molecule is COC1CC(C)(C)N(CC(C)C)C(C)(C)C1. The molecule has 0 amide bonds. The number of hydrogen-bond acceptors (Lipinski definition) is 2. The molecule has 1 saturated heterocycles. The Balaban J connectivity index is 2.87. The second-order valence-electron chi connectivity index (χ2n) is 6.90. The molecule has 1 aliphatic heterocycles. The zero-order chi connectivity index (χ0) is 12.6. The van der Waals surface area contributed by atoms with Gasteiger partial charge in [0.2, 0.25) is 0 Å². The fourth-order valence-electron chi connectivity index (χ4n) is 3.25. The second kappa shape index (κ2) is 4.66. The minimum atomic E-state index is 0.243. The number of ether oxygens (including phenoxy) is 1. The molecule has 96 valence electrons. The van der Waals surface area contributed by atoms with E-state index >= 15 is 0 Å². The predicted molar refractivity (Wildman–Crippen MR) is 69.7 cm³/mol. The highest BCUT2D eigenvalue weighted by atomic mass is 16.5. The minimum absolute atomic E-state index is 0.243. The van der Waals surface area contributed by atoms with Crippen molar-refractivity contribution in [2.24, 2.45) is 5.92 Å². The largest absolute Gasteiger partial charge is 0.381 e. The second-order valence-corrected chi connectivity index (χ2v) is 6.90. The van der Waals surface area contributed by atoms with Crippen LogP contribution in [0, 0.1) is 5.92 Å². The minimum Gasteiger partial charge on any atom is -0.381 e. The Labute approximate surface area is 101 Å². The molecule has 1 rings (SSSR count). The third-order valence-electron chi connectivity index (χ3n) is 3.80. The van der Waals surface area contributed by atoms with Gasteiger partial charge in [-0.1, -0.05) is 13.8 Å². The third kappa shape index (κ3) is 2.98. The Bertz CT molecular complexity index is 215. The number of likely N-dealkylation sites (tertiary alicyclic amines) is 1. The maximum absolute atomic E-state index is 5.59. The number of hydrogen-bond donors (Lipinski definition) is 0. The summed E-state index contributed by atoms with van der Waals surface area (Å²) >= 11 is 0. The van der Waals surface area contributed by atoms with Gasteiger partial charge in [0.15, 0.2) is 0 Å². The normalized spacial score (nSPS) is 26.2. The van der Waals surface area contributed by atoms with Crippen LogP contribution in [0.25, 0.3) is 0 Å². The Hall–Kier alpha value is -0.0800. The van der Waals surface area contributed by atoms with Gasteiger partial charge in [0, 0.05) is 24.7 Å². The van der Waals surface area contributed by atoms with Crippen molar-refractivity contribution >= 4 is 0 Å². The van der Waals surface area contributed by atoms with Gasteiger partial charge in [-0.3, -0.25) is 4.90 Å². The molecule has 2 heteroatoms. The summed E-state index contributed by atoms with van der Waals surface area (Å²) in [6.45, 7) is 15.2. The van der Waals surface area contributed by atoms with Crippen molar-refractivity contribution in [3.05, 3.63) is 0 Å². The van der Waals surface area contributed by atoms with E-state index in [1.54, 1.807) is 0 Å². The molecular weight excluding hydrogens is 198 g/mol. The fraction of sp³-hybridized carbons (Fsp3) is 1.00. The number of nitrogens with zero attached hydrogens (tertiary/aromatic N) is 1. The molecule has 0 radical (unpaired) electrons. The Morgan fingerprint density at radius 1 is 1.12 bits per heavy atom. The van der Waals surface area contributed by atoms with Crippen molar-refractivity contribution in [1.82, 2.24) is 4.90 Å². The van der Waals surface area contributed by atoms with E-state index in [2.05, 4.69) is 46.4 Å². The Morgan fingerprint density at radius 3 is 1.88 bits per heavy atom. The summed E-state index contributed by atoms with van der Waals surface area (Å²) in [5, 5.41) is 0. The molecule has 2 nitrogen and oxygen atoms in total. The summed E-state index contributed by atoms with van der Waals surface area (Å²) in [4.78, 5) is 2.67. The van der Waals surface area contributed by atoms with Crippen molar-refractivity contribution in [3.8, 4) is 0 Å². The molecular formula is C14H29NO. The van der Waals surface area contributed by atoms with E-state index in [0.29, 0.717) is 6.10 Å². The first kappa shape index (κ1) is 14.0. The quantitative estimate of drug-likeness (QED) is 0.733. The zero-order valence-electron chi connectivity index (χ0n) is 12.1. The molecule has 0 saturated carbocycles. The molecule has 16 heavy (non-hydrogen) atoms. The summed E-state index contributed by atoms with van der Waals surface area (Å²) in [6, 6.07) is 0. The van der Waals surface area contributed by atoms with E-state index in [1.807, 2.05) is 7.11 Å². The van der Waals surface area contributed by atoms with E-state index in [1.165, 1.54) is 6.54 Å². The monoisotopic (exact) mass is 227 g/mol. The van der Waals surface area contributed by atoms with Crippen LogP contribution in [-0.4, -0.2) is 35.7 Å². The van der Waals surface area contributed by atoms with Crippen LogP contribution in [0.15, 0.2) is 0 Å². The summed E-state index contributed by atoms with van der Waals surface area (Å²) < 4.78 is 5.59. The number of methoxy groups -OCH3 is 1. The smallest absolute Gasteiger partial charge is 0.0606 e. The van der Waals surface area contributed by atoms with E-state index < -0.39 is 0 Å². The van der Waals surface area contributed by atoms with Crippen molar-refractivity contribution in [2.45, 2.75) is 71.6 Å². The highest BCUT2D eigenvalue weighted by molar-refractivity contribution is 5.00. The maximum atomic E-state index is 5.59. The molecule has 1 aliphatic rings. The first-order valence-corrected chi connectivity index (χ1v) is 6.49. The van der Waals surface area contributed by atoms with E-state index in [0.717, 1.165) is 18.8 Å². The molecule has 0 spiro atoms. The highest BCUT2D eigenvalue weighted by Crippen LogP contribution is 2.39. The molecule has 0 unspecified atom stereocenters. The van der Waals surface area contributed by atoms with Crippen LogP contribution in [-0.2, 0) is 4.74 Å². The molecule has 0 aromatic carbocycles. The summed E-state index contributed by atoms with van der Waals surface area (Å²) in [7, 11) is 1.84. The van der Waals surface area contributed by atoms with Crippen LogP contribution in [0.5, 0.6) is 0 Å². The van der Waals surface area contributed by atoms with Gasteiger partial charge in [-0.25, -0.2) is 0 Å². The third-order valence-corrected chi connectivity index (χ3v) is 3.80. The molecule has 1 heterocycles. The lowest BCUT2D eigenvalue weighted by atomic mass is 9.77. The first-order chi connectivity index (χ1) is 7.19. The van der Waals surface area contributed by atoms with E-state index in [9.17, 15) is 0 Å². The molecule has 0 aliphatic carbocycles. The first-order valence-electron chi connectivity index (χ1n) is 6.49. The van der Waals surface area contributed by atoms with Crippen LogP contribution in [0.1, 0.15) is 54.4 Å². The van der Waals surface area contributed by atoms with Gasteiger partial charge >= 0.3 is 0 Å². The van der Waals surface area contributed by atoms with Crippen LogP contribution >= 0.6 is 0 Å². The number of piperidine rings is 1. The molecule has 0 atom stereocenters. The maximum Gasteiger partial charge on any atom is 0.0606 e. The van der Waals surface area contributed by atoms with Crippen LogP contribution < -0.4 is 0 Å². The van der Waals surface area contributed by atoms with Gasteiger partial charge in [-0.2, -0.15) is 0 Å². The lowest BCUT2D eigenvalue weighted by molar-refractivity contribution is -0.0971. The van der Waals surface area contributed by atoms with E-state index in [4.69, 9.17) is 4.74 Å². The van der Waals surface area contributed by atoms with Crippen LogP contribution in [0.2, 0.25) is 0 Å². The lowest BCUT2D eigenvalue weighted by Gasteiger charge is -2.55. The fourth-order valence-corrected chi connectivity index (χ4v) is 3.25. The van der Waals surface area contributed by atoms with Gasteiger partial charge in [-0.05, 0) is 46.5 Å². The zero-order valence-corrected chi connectivity index (χ0v) is 12.1. The average Bonchev–Trinajstić information content (AvgIpc) is 2.10. The average molecular weight is 227 g/mol. The van der Waals surface area contributed by atoms with Crippen molar-refractivity contribution < 1.29 is 4.74 Å². The van der Waals surface area contributed by atoms with Gasteiger partial charge in [-0.15, -0.1) is 0 Å². The molecule has 0 bridgehead atoms. The van der Waals surface area contributed by atoms with Crippen molar-refractivity contribution in [1.29, 1.82) is 0 Å². The Morgan fingerprint density at radius 2 is 1.56 bits per heavy atom. The van der Waals surface area contributed by atoms with Crippen LogP contribution in [0.4, 0.5) is 0 Å². The summed E-state index contributed by atoms with van der Waals surface area (Å²) in [6.07, 6.45) is 2.69.